The number of alkyl halides is 3. The summed E-state index contributed by atoms with van der Waals surface area (Å²) in [6.45, 7) is 3.73. The van der Waals surface area contributed by atoms with E-state index in [2.05, 4.69) is 20.2 Å². The molecule has 1 saturated heterocycles. The molecule has 0 bridgehead atoms. The Kier molecular flexibility index (Phi) is 6.06. The summed E-state index contributed by atoms with van der Waals surface area (Å²) >= 11 is 1.31. The fourth-order valence-electron chi connectivity index (χ4n) is 3.70. The van der Waals surface area contributed by atoms with E-state index in [-0.39, 0.29) is 11.6 Å². The van der Waals surface area contributed by atoms with Crippen molar-refractivity contribution in [3.63, 3.8) is 0 Å². The van der Waals surface area contributed by atoms with Crippen molar-refractivity contribution in [2.45, 2.75) is 38.5 Å². The summed E-state index contributed by atoms with van der Waals surface area (Å²) in [4.78, 5) is 23.8. The number of pyridine rings is 1. The molecule has 0 radical (unpaired) electrons. The number of hydrogen-bond donors (Lipinski definition) is 1. The Morgan fingerprint density at radius 1 is 1.26 bits per heavy atom. The molecule has 1 atom stereocenters. The molecule has 1 aromatic carbocycles. The average molecular weight is 446 g/mol. The second-order valence-electron chi connectivity index (χ2n) is 7.50. The van der Waals surface area contributed by atoms with Crippen LogP contribution in [0.4, 0.5) is 18.3 Å². The van der Waals surface area contributed by atoms with Crippen LogP contribution in [0.15, 0.2) is 48.0 Å². The monoisotopic (exact) mass is 446 g/mol. The van der Waals surface area contributed by atoms with Crippen molar-refractivity contribution >= 4 is 22.4 Å². The van der Waals surface area contributed by atoms with Gasteiger partial charge in [0.25, 0.3) is 5.91 Å². The average Bonchev–Trinajstić information content (AvgIpc) is 3.38. The molecule has 9 heteroatoms. The third kappa shape index (κ3) is 4.94. The fraction of sp³-hybridized carbons (Fsp3) is 0.318. The SMILES string of the molecule is Cc1cccnc1CN1CCC[C@@H]1c1csc(NC(=O)c2ccc(C(F)(F)F)cc2)n1. The number of likely N-dealkylation sites (tertiary alicyclic amines) is 1. The minimum absolute atomic E-state index is 0.148. The largest absolute Gasteiger partial charge is 0.416 e. The van der Waals surface area contributed by atoms with Crippen molar-refractivity contribution in [3.8, 4) is 0 Å². The van der Waals surface area contributed by atoms with E-state index in [1.165, 1.54) is 23.5 Å². The van der Waals surface area contributed by atoms with Gasteiger partial charge in [0.1, 0.15) is 0 Å². The fourth-order valence-corrected chi connectivity index (χ4v) is 4.46. The molecule has 3 heterocycles. The Bertz CT molecular complexity index is 1070. The van der Waals surface area contributed by atoms with Gasteiger partial charge in [-0.05, 0) is 62.2 Å². The van der Waals surface area contributed by atoms with E-state index < -0.39 is 17.6 Å². The molecule has 1 aliphatic heterocycles. The third-order valence-electron chi connectivity index (χ3n) is 5.39. The lowest BCUT2D eigenvalue weighted by Crippen LogP contribution is -2.24. The van der Waals surface area contributed by atoms with E-state index in [0.29, 0.717) is 5.13 Å². The lowest BCUT2D eigenvalue weighted by molar-refractivity contribution is -0.137. The molecule has 1 fully saturated rings. The molecule has 2 aromatic heterocycles. The van der Waals surface area contributed by atoms with Crippen LogP contribution in [0.1, 0.15) is 51.8 Å². The summed E-state index contributed by atoms with van der Waals surface area (Å²) in [5.41, 5.74) is 2.44. The van der Waals surface area contributed by atoms with Crippen LogP contribution in [-0.4, -0.2) is 27.3 Å². The van der Waals surface area contributed by atoms with Gasteiger partial charge in [0, 0.05) is 23.7 Å². The lowest BCUT2D eigenvalue weighted by Gasteiger charge is -2.23. The van der Waals surface area contributed by atoms with Crippen LogP contribution in [0.2, 0.25) is 0 Å². The molecular formula is C22H21F3N4OS. The smallest absolute Gasteiger partial charge is 0.298 e. The van der Waals surface area contributed by atoms with Crippen LogP contribution in [0, 0.1) is 6.92 Å². The number of rotatable bonds is 5. The Labute approximate surface area is 182 Å². The number of halogens is 3. The number of aromatic nitrogens is 2. The number of carbonyl (C=O) groups excluding carboxylic acids is 1. The highest BCUT2D eigenvalue weighted by Crippen LogP contribution is 2.35. The van der Waals surface area contributed by atoms with Gasteiger partial charge < -0.3 is 0 Å². The maximum Gasteiger partial charge on any atom is 0.416 e. The number of amides is 1. The van der Waals surface area contributed by atoms with Gasteiger partial charge in [-0.3, -0.25) is 20.0 Å². The number of thiazole rings is 1. The Balaban J connectivity index is 1.43. The molecular weight excluding hydrogens is 425 g/mol. The molecule has 1 N–H and O–H groups in total. The highest BCUT2D eigenvalue weighted by molar-refractivity contribution is 7.14. The zero-order valence-corrected chi connectivity index (χ0v) is 17.6. The number of benzene rings is 1. The first-order valence-corrected chi connectivity index (χ1v) is 10.8. The van der Waals surface area contributed by atoms with Gasteiger partial charge in [0.15, 0.2) is 5.13 Å². The van der Waals surface area contributed by atoms with Gasteiger partial charge in [0.05, 0.1) is 23.0 Å². The zero-order valence-electron chi connectivity index (χ0n) is 16.8. The molecule has 0 spiro atoms. The number of anilines is 1. The van der Waals surface area contributed by atoms with E-state index in [0.717, 1.165) is 55.0 Å². The zero-order chi connectivity index (χ0) is 22.0. The first-order chi connectivity index (χ1) is 14.8. The Morgan fingerprint density at radius 3 is 2.74 bits per heavy atom. The number of nitrogens with one attached hydrogen (secondary N) is 1. The van der Waals surface area contributed by atoms with Gasteiger partial charge in [-0.15, -0.1) is 11.3 Å². The van der Waals surface area contributed by atoms with Gasteiger partial charge in [0.2, 0.25) is 0 Å². The molecule has 31 heavy (non-hydrogen) atoms. The van der Waals surface area contributed by atoms with Crippen molar-refractivity contribution in [1.82, 2.24) is 14.9 Å². The molecule has 162 valence electrons. The van der Waals surface area contributed by atoms with Crippen molar-refractivity contribution in [3.05, 3.63) is 76.1 Å². The van der Waals surface area contributed by atoms with Gasteiger partial charge in [-0.25, -0.2) is 4.98 Å². The predicted octanol–water partition coefficient (Wildman–Crippen LogP) is 5.45. The first kappa shape index (κ1) is 21.5. The van der Waals surface area contributed by atoms with Gasteiger partial charge in [-0.2, -0.15) is 13.2 Å². The summed E-state index contributed by atoms with van der Waals surface area (Å²) < 4.78 is 38.1. The molecule has 0 unspecified atom stereocenters. The van der Waals surface area contributed by atoms with Crippen LogP contribution in [0.5, 0.6) is 0 Å². The minimum Gasteiger partial charge on any atom is -0.298 e. The van der Waals surface area contributed by atoms with Crippen LogP contribution in [-0.2, 0) is 12.7 Å². The van der Waals surface area contributed by atoms with Crippen molar-refractivity contribution in [1.29, 1.82) is 0 Å². The Hall–Kier alpha value is -2.78. The number of hydrogen-bond acceptors (Lipinski definition) is 5. The van der Waals surface area contributed by atoms with Crippen molar-refractivity contribution < 1.29 is 18.0 Å². The lowest BCUT2D eigenvalue weighted by atomic mass is 10.1. The number of aryl methyl sites for hydroxylation is 1. The standard InChI is InChI=1S/C22H21F3N4OS/c1-14-4-2-10-26-17(14)12-29-11-3-5-19(29)18-13-31-21(27-18)28-20(30)15-6-8-16(9-7-15)22(23,24)25/h2,4,6-10,13,19H,3,5,11-12H2,1H3,(H,27,28,30)/t19-/m1/s1. The molecule has 1 aliphatic rings. The predicted molar refractivity (Wildman–Crippen MR) is 113 cm³/mol. The summed E-state index contributed by atoms with van der Waals surface area (Å²) in [7, 11) is 0. The maximum atomic E-state index is 12.7. The van der Waals surface area contributed by atoms with E-state index in [1.807, 2.05) is 24.4 Å². The molecule has 0 saturated carbocycles. The summed E-state index contributed by atoms with van der Waals surface area (Å²) in [5, 5.41) is 5.05. The highest BCUT2D eigenvalue weighted by Gasteiger charge is 2.31. The van der Waals surface area contributed by atoms with Crippen LogP contribution >= 0.6 is 11.3 Å². The molecule has 0 aliphatic carbocycles. The molecule has 4 rings (SSSR count). The molecule has 3 aromatic rings. The van der Waals surface area contributed by atoms with Crippen LogP contribution < -0.4 is 5.32 Å². The van der Waals surface area contributed by atoms with E-state index in [9.17, 15) is 18.0 Å². The topological polar surface area (TPSA) is 58.1 Å². The van der Waals surface area contributed by atoms with E-state index in [1.54, 1.807) is 6.20 Å². The Morgan fingerprint density at radius 2 is 2.03 bits per heavy atom. The van der Waals surface area contributed by atoms with Crippen LogP contribution in [0.25, 0.3) is 0 Å². The van der Waals surface area contributed by atoms with Crippen LogP contribution in [0.3, 0.4) is 0 Å². The van der Waals surface area contributed by atoms with E-state index >= 15 is 0 Å². The summed E-state index contributed by atoms with van der Waals surface area (Å²) in [5.74, 6) is -0.484. The highest BCUT2D eigenvalue weighted by atomic mass is 32.1. The quantitative estimate of drug-likeness (QED) is 0.566. The second-order valence-corrected chi connectivity index (χ2v) is 8.36. The first-order valence-electron chi connectivity index (χ1n) is 9.90. The van der Waals surface area contributed by atoms with Crippen molar-refractivity contribution in [2.75, 3.05) is 11.9 Å². The minimum atomic E-state index is -4.43. The number of carbonyl (C=O) groups is 1. The van der Waals surface area contributed by atoms with Gasteiger partial charge >= 0.3 is 6.18 Å². The second kappa shape index (κ2) is 8.76. The molecule has 5 nitrogen and oxygen atoms in total. The number of nitrogens with zero attached hydrogens (tertiary/aromatic N) is 3. The summed E-state index contributed by atoms with van der Waals surface area (Å²) in [6, 6.07) is 8.25. The van der Waals surface area contributed by atoms with Crippen molar-refractivity contribution in [2.24, 2.45) is 0 Å². The summed E-state index contributed by atoms with van der Waals surface area (Å²) in [6.07, 6.45) is -0.603. The van der Waals surface area contributed by atoms with E-state index in [4.69, 9.17) is 0 Å². The normalized spacial score (nSPS) is 17.1. The molecule has 1 amide bonds. The maximum absolute atomic E-state index is 12.7. The third-order valence-corrected chi connectivity index (χ3v) is 6.17. The van der Waals surface area contributed by atoms with Gasteiger partial charge in [-0.1, -0.05) is 6.07 Å².